The highest BCUT2D eigenvalue weighted by Gasteiger charge is 2.52. The van der Waals surface area contributed by atoms with Gasteiger partial charge in [-0.15, -0.1) is 0 Å². The van der Waals surface area contributed by atoms with Gasteiger partial charge in [-0.2, -0.15) is 0 Å². The first-order valence-corrected chi connectivity index (χ1v) is 18.0. The molecular formula is C36H44BF3N6O12. The minimum atomic E-state index is -0.943. The number of aromatic amines is 1. The van der Waals surface area contributed by atoms with Crippen molar-refractivity contribution >= 4 is 29.9 Å². The van der Waals surface area contributed by atoms with E-state index in [9.17, 15) is 47.8 Å². The summed E-state index contributed by atoms with van der Waals surface area (Å²) in [5.41, 5.74) is 3.04. The number of nitrogens with two attached hydrogens (primary N) is 1. The van der Waals surface area contributed by atoms with Gasteiger partial charge in [0.15, 0.2) is 0 Å². The molecule has 0 spiro atoms. The number of ether oxygens (including phenoxy) is 3. The maximum atomic E-state index is 13.2. The fraction of sp³-hybridized carbons (Fsp3) is 0.472. The number of hydrogen-bond donors (Lipinski definition) is 2. The Bertz CT molecular complexity index is 2190. The number of H-pyrrole nitrogens is 1. The number of aromatic nitrogens is 3. The van der Waals surface area contributed by atoms with Crippen LogP contribution in [0, 0.1) is 37.7 Å². The van der Waals surface area contributed by atoms with Gasteiger partial charge in [-0.05, 0) is 58.5 Å². The predicted octanol–water partition coefficient (Wildman–Crippen LogP) is 4.46. The van der Waals surface area contributed by atoms with Crippen molar-refractivity contribution in [2.45, 2.75) is 70.6 Å². The molecule has 58 heavy (non-hydrogen) atoms. The summed E-state index contributed by atoms with van der Waals surface area (Å²) in [6.07, 6.45) is 9.39. The van der Waals surface area contributed by atoms with E-state index in [0.717, 1.165) is 48.9 Å². The lowest BCUT2D eigenvalue weighted by Gasteiger charge is -2.32. The van der Waals surface area contributed by atoms with Gasteiger partial charge in [0.05, 0.1) is 59.6 Å². The summed E-state index contributed by atoms with van der Waals surface area (Å²) in [7, 11) is -0.182. The lowest BCUT2D eigenvalue weighted by Crippen LogP contribution is -2.41. The number of rotatable bonds is 5. The molecule has 3 N–H and O–H groups in total. The minimum absolute atomic E-state index is 0.00394. The van der Waals surface area contributed by atoms with E-state index in [1.165, 1.54) is 16.2 Å². The monoisotopic (exact) mass is 820 g/mol. The third-order valence-electron chi connectivity index (χ3n) is 9.63. The second kappa shape index (κ2) is 19.8. The van der Waals surface area contributed by atoms with Gasteiger partial charge < -0.3 is 38.8 Å². The quantitative estimate of drug-likeness (QED) is 0.206. The molecule has 22 heteroatoms. The smallest absolute Gasteiger partial charge is 0.400 e. The van der Waals surface area contributed by atoms with Crippen molar-refractivity contribution in [2.24, 2.45) is 0 Å². The maximum absolute atomic E-state index is 13.2. The molecule has 0 bridgehead atoms. The fourth-order valence-corrected chi connectivity index (χ4v) is 5.77. The molecule has 0 unspecified atom stereocenters. The van der Waals surface area contributed by atoms with Crippen molar-refractivity contribution < 1.29 is 46.5 Å². The molecule has 4 aliphatic rings. The van der Waals surface area contributed by atoms with Gasteiger partial charge >= 0.3 is 29.6 Å². The molecule has 2 saturated heterocycles. The lowest BCUT2D eigenvalue weighted by molar-refractivity contribution is -0.386. The zero-order chi connectivity index (χ0) is 42.8. The molecule has 7 rings (SSSR count). The Balaban J connectivity index is 0.000000173. The summed E-state index contributed by atoms with van der Waals surface area (Å²) in [4.78, 5) is 54.6. The average molecular weight is 821 g/mol. The molecule has 3 aromatic heterocycles. The Morgan fingerprint density at radius 2 is 1.34 bits per heavy atom. The number of nitrogens with zero attached hydrogens (tertiary/aromatic N) is 4. The van der Waals surface area contributed by atoms with E-state index < -0.39 is 49.8 Å². The van der Waals surface area contributed by atoms with Crippen LogP contribution in [-0.4, -0.2) is 81.9 Å². The van der Waals surface area contributed by atoms with E-state index in [0.29, 0.717) is 57.3 Å². The van der Waals surface area contributed by atoms with Crippen LogP contribution in [0.4, 0.5) is 30.2 Å². The van der Waals surface area contributed by atoms with E-state index in [1.807, 2.05) is 4.98 Å². The van der Waals surface area contributed by atoms with Crippen molar-refractivity contribution in [2.75, 3.05) is 45.4 Å². The second-order valence-corrected chi connectivity index (χ2v) is 14.1. The fourth-order valence-electron chi connectivity index (χ4n) is 5.77. The van der Waals surface area contributed by atoms with Crippen molar-refractivity contribution in [1.29, 1.82) is 0 Å². The third-order valence-corrected chi connectivity index (χ3v) is 9.63. The molecule has 0 saturated carbocycles. The zero-order valence-corrected chi connectivity index (χ0v) is 32.2. The van der Waals surface area contributed by atoms with E-state index in [4.69, 9.17) is 29.3 Å². The van der Waals surface area contributed by atoms with E-state index >= 15 is 0 Å². The zero-order valence-electron chi connectivity index (χ0n) is 32.2. The largest absolute Gasteiger partial charge is 0.490 e. The first-order valence-electron chi connectivity index (χ1n) is 18.0. The average Bonchev–Trinajstić information content (AvgIpc) is 3.42. The number of pyridine rings is 3. The van der Waals surface area contributed by atoms with E-state index in [1.54, 1.807) is 6.08 Å². The predicted molar refractivity (Wildman–Crippen MR) is 204 cm³/mol. The molecule has 2 fully saturated rings. The van der Waals surface area contributed by atoms with Gasteiger partial charge in [0.25, 0.3) is 5.56 Å². The third kappa shape index (κ3) is 11.8. The Labute approximate surface area is 329 Å². The van der Waals surface area contributed by atoms with Gasteiger partial charge in [0.2, 0.25) is 0 Å². The summed E-state index contributed by atoms with van der Waals surface area (Å²) < 4.78 is 68.3. The summed E-state index contributed by atoms with van der Waals surface area (Å²) in [6, 6.07) is 2.25. The van der Waals surface area contributed by atoms with Gasteiger partial charge in [0.1, 0.15) is 23.1 Å². The SMILES string of the molecule is CC1(C)OB(C2=CCOCC2)OC1(C)C.Nc1cc(F)cn(C2CCOCC2)c1=O.O=c1[nH]cc(F)cc1[N+](=O)[O-].O=c1c([N+](=O)[O-])cc(F)cn1C1=CCOCC1. The van der Waals surface area contributed by atoms with E-state index in [2.05, 4.69) is 33.8 Å². The van der Waals surface area contributed by atoms with E-state index in [-0.39, 0.29) is 35.6 Å². The first-order chi connectivity index (χ1) is 27.3. The molecule has 0 amide bonds. The number of halogens is 3. The number of anilines is 1. The highest BCUT2D eigenvalue weighted by atomic mass is 19.1. The van der Waals surface area contributed by atoms with Gasteiger partial charge in [0, 0.05) is 56.0 Å². The van der Waals surface area contributed by atoms with Gasteiger partial charge in [-0.25, -0.2) is 13.2 Å². The molecule has 0 aromatic carbocycles. The Hall–Kier alpha value is -5.42. The molecule has 4 aliphatic heterocycles. The molecule has 0 radical (unpaired) electrons. The van der Waals surface area contributed by atoms with Crippen LogP contribution in [0.5, 0.6) is 0 Å². The number of nitrogens with one attached hydrogen (secondary N) is 1. The van der Waals surface area contributed by atoms with Crippen molar-refractivity contribution in [3.05, 3.63) is 123 Å². The molecule has 0 atom stereocenters. The lowest BCUT2D eigenvalue weighted by atomic mass is 9.75. The number of nitro groups is 2. The van der Waals surface area contributed by atoms with Gasteiger partial charge in [-0.3, -0.25) is 39.2 Å². The topological polar surface area (TPSA) is 235 Å². The van der Waals surface area contributed by atoms with Crippen LogP contribution in [-0.2, 0) is 23.5 Å². The Morgan fingerprint density at radius 1 is 0.776 bits per heavy atom. The van der Waals surface area contributed by atoms with Crippen molar-refractivity contribution in [3.8, 4) is 0 Å². The van der Waals surface area contributed by atoms with Crippen LogP contribution >= 0.6 is 0 Å². The summed E-state index contributed by atoms with van der Waals surface area (Å²) in [5.74, 6) is -2.13. The highest BCUT2D eigenvalue weighted by Crippen LogP contribution is 2.39. The molecule has 314 valence electrons. The number of nitrogen functional groups attached to an aromatic ring is 1. The van der Waals surface area contributed by atoms with Crippen LogP contribution < -0.4 is 22.4 Å². The standard InChI is InChI=1S/C11H19BO3.C10H9FN2O4.C10H13FN2O2.C5H3FN2O3/c1-10(2)11(3,4)15-12(14-10)9-5-7-13-8-6-9;11-7-5-9(13(15)16)10(14)12(6-7)8-1-3-17-4-2-8;11-7-5-9(12)10(14)13(6-7)8-1-3-15-4-2-8;6-3-1-4(8(10)11)5(9)7-2-3/h5H,6-8H2,1-4H3;1,5-6H,2-4H2;5-6,8H,1-4,12H2;1-2H,(H,7,9). The molecule has 18 nitrogen and oxygen atoms in total. The van der Waals surface area contributed by atoms with Crippen molar-refractivity contribution in [1.82, 2.24) is 14.1 Å². The first kappa shape index (κ1) is 45.3. The Morgan fingerprint density at radius 3 is 1.88 bits per heavy atom. The van der Waals surface area contributed by atoms with Crippen molar-refractivity contribution in [3.63, 3.8) is 0 Å². The van der Waals surface area contributed by atoms with Crippen LogP contribution in [0.3, 0.4) is 0 Å². The van der Waals surface area contributed by atoms with Crippen LogP contribution in [0.15, 0.2) is 68.8 Å². The minimum Gasteiger partial charge on any atom is -0.400 e. The normalized spacial score (nSPS) is 18.5. The van der Waals surface area contributed by atoms with Crippen LogP contribution in [0.1, 0.15) is 59.4 Å². The maximum Gasteiger partial charge on any atom is 0.490 e. The van der Waals surface area contributed by atoms with Crippen LogP contribution in [0.2, 0.25) is 0 Å². The number of hydrogen-bond acceptors (Lipinski definition) is 13. The molecule has 0 aliphatic carbocycles. The second-order valence-electron chi connectivity index (χ2n) is 14.1. The molecule has 7 heterocycles. The summed E-state index contributed by atoms with van der Waals surface area (Å²) >= 11 is 0. The van der Waals surface area contributed by atoms with Crippen LogP contribution in [0.25, 0.3) is 5.70 Å². The summed E-state index contributed by atoms with van der Waals surface area (Å²) in [5, 5.41) is 20.6. The Kier molecular flexibility index (Phi) is 15.5. The molecular weight excluding hydrogens is 776 g/mol. The summed E-state index contributed by atoms with van der Waals surface area (Å²) in [6.45, 7) is 11.7. The molecule has 3 aromatic rings. The highest BCUT2D eigenvalue weighted by molar-refractivity contribution is 6.54. The van der Waals surface area contributed by atoms with Gasteiger partial charge in [-0.1, -0.05) is 6.08 Å².